The van der Waals surface area contributed by atoms with Crippen molar-refractivity contribution in [3.63, 3.8) is 0 Å². The van der Waals surface area contributed by atoms with Gasteiger partial charge in [0.15, 0.2) is 0 Å². The summed E-state index contributed by atoms with van der Waals surface area (Å²) in [5, 5.41) is 3.65. The number of nitrogens with one attached hydrogen (secondary N) is 1. The van der Waals surface area contributed by atoms with Gasteiger partial charge in [-0.15, -0.1) is 0 Å². The van der Waals surface area contributed by atoms with Crippen molar-refractivity contribution in [3.05, 3.63) is 71.3 Å². The molecule has 0 aromatic heterocycles. The predicted molar refractivity (Wildman–Crippen MR) is 87.2 cm³/mol. The van der Waals surface area contributed by atoms with Crippen molar-refractivity contribution < 1.29 is 0 Å². The van der Waals surface area contributed by atoms with Crippen LogP contribution in [0.3, 0.4) is 0 Å². The van der Waals surface area contributed by atoms with Gasteiger partial charge in [0.05, 0.1) is 0 Å². The second-order valence-electron chi connectivity index (χ2n) is 6.45. The van der Waals surface area contributed by atoms with Crippen molar-refractivity contribution in [2.75, 3.05) is 6.54 Å². The highest BCUT2D eigenvalue weighted by atomic mass is 14.9. The van der Waals surface area contributed by atoms with Crippen molar-refractivity contribution in [2.45, 2.75) is 39.2 Å². The minimum absolute atomic E-state index is 0.135. The second kappa shape index (κ2) is 6.23. The fourth-order valence-electron chi connectivity index (χ4n) is 2.48. The molecule has 106 valence electrons. The van der Waals surface area contributed by atoms with Crippen LogP contribution >= 0.6 is 0 Å². The Morgan fingerprint density at radius 3 is 2.10 bits per heavy atom. The molecule has 2 aromatic carbocycles. The highest BCUT2D eigenvalue weighted by Gasteiger charge is 2.18. The Hall–Kier alpha value is -1.60. The maximum Gasteiger partial charge on any atom is 0.0217 e. The summed E-state index contributed by atoms with van der Waals surface area (Å²) in [7, 11) is 0. The van der Waals surface area contributed by atoms with Crippen LogP contribution in [0.4, 0.5) is 0 Å². The third-order valence-corrected chi connectivity index (χ3v) is 3.60. The van der Waals surface area contributed by atoms with Crippen molar-refractivity contribution in [1.82, 2.24) is 5.32 Å². The van der Waals surface area contributed by atoms with Crippen LogP contribution in [0.2, 0.25) is 0 Å². The van der Waals surface area contributed by atoms with Gasteiger partial charge in [0.1, 0.15) is 0 Å². The maximum atomic E-state index is 3.65. The molecule has 2 aromatic rings. The van der Waals surface area contributed by atoms with E-state index in [1.165, 1.54) is 16.7 Å². The number of aryl methyl sites for hydroxylation is 1. The zero-order valence-corrected chi connectivity index (χ0v) is 13.0. The van der Waals surface area contributed by atoms with Crippen LogP contribution in [0.5, 0.6) is 0 Å². The molecule has 0 spiro atoms. The first kappa shape index (κ1) is 14.8. The molecule has 20 heavy (non-hydrogen) atoms. The molecule has 1 unspecified atom stereocenters. The zero-order chi connectivity index (χ0) is 14.6. The van der Waals surface area contributed by atoms with E-state index in [1.807, 2.05) is 0 Å². The van der Waals surface area contributed by atoms with E-state index >= 15 is 0 Å². The van der Waals surface area contributed by atoms with Gasteiger partial charge in [-0.1, -0.05) is 54.6 Å². The highest BCUT2D eigenvalue weighted by Crippen LogP contribution is 2.27. The number of benzene rings is 2. The third-order valence-electron chi connectivity index (χ3n) is 3.60. The molecule has 0 saturated carbocycles. The van der Waals surface area contributed by atoms with Crippen molar-refractivity contribution in [1.29, 1.82) is 0 Å². The molecule has 0 amide bonds. The summed E-state index contributed by atoms with van der Waals surface area (Å²) in [4.78, 5) is 0. The lowest BCUT2D eigenvalue weighted by atomic mass is 9.88. The first-order valence-corrected chi connectivity index (χ1v) is 7.33. The topological polar surface area (TPSA) is 12.0 Å². The molecule has 1 heteroatoms. The third kappa shape index (κ3) is 3.94. The molecule has 1 nitrogen and oxygen atoms in total. The Balaban J connectivity index is 2.32. The van der Waals surface area contributed by atoms with E-state index in [0.29, 0.717) is 5.92 Å². The highest BCUT2D eigenvalue weighted by molar-refractivity contribution is 5.37. The number of rotatable bonds is 4. The zero-order valence-electron chi connectivity index (χ0n) is 13.0. The summed E-state index contributed by atoms with van der Waals surface area (Å²) in [5.41, 5.74) is 4.28. The Bertz CT molecular complexity index is 537. The van der Waals surface area contributed by atoms with Gasteiger partial charge >= 0.3 is 0 Å². The van der Waals surface area contributed by atoms with Crippen LogP contribution in [-0.4, -0.2) is 12.1 Å². The van der Waals surface area contributed by atoms with Gasteiger partial charge in [-0.25, -0.2) is 0 Å². The van der Waals surface area contributed by atoms with Gasteiger partial charge in [0, 0.05) is 18.0 Å². The van der Waals surface area contributed by atoms with Gasteiger partial charge in [-0.2, -0.15) is 0 Å². The maximum absolute atomic E-state index is 3.65. The SMILES string of the molecule is Cc1ccccc1C(CNC(C)(C)C)c1ccccc1. The van der Waals surface area contributed by atoms with Crippen LogP contribution in [0, 0.1) is 6.92 Å². The average Bonchev–Trinajstić information content (AvgIpc) is 2.41. The summed E-state index contributed by atoms with van der Waals surface area (Å²) in [6.07, 6.45) is 0. The largest absolute Gasteiger partial charge is 0.311 e. The monoisotopic (exact) mass is 267 g/mol. The average molecular weight is 267 g/mol. The Labute approximate surface area is 123 Å². The van der Waals surface area contributed by atoms with Crippen LogP contribution in [-0.2, 0) is 0 Å². The molecule has 2 rings (SSSR count). The summed E-state index contributed by atoms with van der Waals surface area (Å²) in [5.74, 6) is 0.400. The predicted octanol–water partition coefficient (Wildman–Crippen LogP) is 4.52. The fraction of sp³-hybridized carbons (Fsp3) is 0.368. The van der Waals surface area contributed by atoms with E-state index in [2.05, 4.69) is 87.6 Å². The quantitative estimate of drug-likeness (QED) is 0.859. The minimum atomic E-state index is 0.135. The molecule has 0 aliphatic rings. The lowest BCUT2D eigenvalue weighted by Crippen LogP contribution is -2.38. The van der Waals surface area contributed by atoms with Gasteiger partial charge in [-0.05, 0) is 44.4 Å². The van der Waals surface area contributed by atoms with Gasteiger partial charge in [0.2, 0.25) is 0 Å². The summed E-state index contributed by atoms with van der Waals surface area (Å²) in [6, 6.07) is 19.5. The van der Waals surface area contributed by atoms with Gasteiger partial charge in [-0.3, -0.25) is 0 Å². The molecular weight excluding hydrogens is 242 g/mol. The molecule has 0 fully saturated rings. The fourth-order valence-corrected chi connectivity index (χ4v) is 2.48. The first-order chi connectivity index (χ1) is 9.47. The molecular formula is C19H25N. The van der Waals surface area contributed by atoms with Crippen LogP contribution in [0.25, 0.3) is 0 Å². The first-order valence-electron chi connectivity index (χ1n) is 7.33. The molecule has 0 aliphatic carbocycles. The summed E-state index contributed by atoms with van der Waals surface area (Å²) in [6.45, 7) is 9.80. The summed E-state index contributed by atoms with van der Waals surface area (Å²) >= 11 is 0. The Morgan fingerprint density at radius 1 is 0.900 bits per heavy atom. The standard InChI is InChI=1S/C19H25N/c1-15-10-8-9-13-17(15)18(14-20-19(2,3)4)16-11-6-5-7-12-16/h5-13,18,20H,14H2,1-4H3. The lowest BCUT2D eigenvalue weighted by Gasteiger charge is -2.27. The molecule has 0 heterocycles. The lowest BCUT2D eigenvalue weighted by molar-refractivity contribution is 0.417. The Morgan fingerprint density at radius 2 is 1.50 bits per heavy atom. The minimum Gasteiger partial charge on any atom is -0.311 e. The van der Waals surface area contributed by atoms with Crippen molar-refractivity contribution in [3.8, 4) is 0 Å². The van der Waals surface area contributed by atoms with Crippen molar-refractivity contribution in [2.24, 2.45) is 0 Å². The van der Waals surface area contributed by atoms with E-state index in [1.54, 1.807) is 0 Å². The van der Waals surface area contributed by atoms with E-state index < -0.39 is 0 Å². The Kier molecular flexibility index (Phi) is 4.61. The molecule has 0 radical (unpaired) electrons. The second-order valence-corrected chi connectivity index (χ2v) is 6.45. The van der Waals surface area contributed by atoms with Crippen LogP contribution in [0.1, 0.15) is 43.4 Å². The van der Waals surface area contributed by atoms with Gasteiger partial charge in [0.25, 0.3) is 0 Å². The molecule has 0 bridgehead atoms. The molecule has 1 atom stereocenters. The summed E-state index contributed by atoms with van der Waals surface area (Å²) < 4.78 is 0. The van der Waals surface area contributed by atoms with Gasteiger partial charge < -0.3 is 5.32 Å². The number of hydrogen-bond acceptors (Lipinski definition) is 1. The number of hydrogen-bond donors (Lipinski definition) is 1. The van der Waals surface area contributed by atoms with E-state index in [9.17, 15) is 0 Å². The van der Waals surface area contributed by atoms with Crippen molar-refractivity contribution >= 4 is 0 Å². The van der Waals surface area contributed by atoms with E-state index in [-0.39, 0.29) is 5.54 Å². The van der Waals surface area contributed by atoms with E-state index in [4.69, 9.17) is 0 Å². The molecule has 0 aliphatic heterocycles. The van der Waals surface area contributed by atoms with Crippen LogP contribution in [0.15, 0.2) is 54.6 Å². The van der Waals surface area contributed by atoms with E-state index in [0.717, 1.165) is 6.54 Å². The molecule has 0 saturated heterocycles. The normalized spacial score (nSPS) is 13.2. The molecule has 1 N–H and O–H groups in total. The smallest absolute Gasteiger partial charge is 0.0217 e. The van der Waals surface area contributed by atoms with Crippen LogP contribution < -0.4 is 5.32 Å².